The summed E-state index contributed by atoms with van der Waals surface area (Å²) in [6, 6.07) is 7.03. The number of H-pyrrole nitrogens is 1. The van der Waals surface area contributed by atoms with Crippen LogP contribution in [0.3, 0.4) is 0 Å². The normalized spacial score (nSPS) is 13.9. The van der Waals surface area contributed by atoms with Crippen LogP contribution in [0.15, 0.2) is 35.9 Å². The van der Waals surface area contributed by atoms with Gasteiger partial charge in [0.05, 0.1) is 0 Å². The highest BCUT2D eigenvalue weighted by atomic mass is 16.2. The van der Waals surface area contributed by atoms with E-state index >= 15 is 0 Å². The summed E-state index contributed by atoms with van der Waals surface area (Å²) in [5.74, 6) is 0.0315. The lowest BCUT2D eigenvalue weighted by atomic mass is 10.00. The van der Waals surface area contributed by atoms with Gasteiger partial charge in [0, 0.05) is 17.8 Å². The van der Waals surface area contributed by atoms with Gasteiger partial charge in [-0.2, -0.15) is 5.10 Å². The lowest BCUT2D eigenvalue weighted by Gasteiger charge is -2.13. The van der Waals surface area contributed by atoms with E-state index in [2.05, 4.69) is 31.9 Å². The standard InChI is InChI=1S/C18H21N5O2/c1-12-20-16(23-22-12)14-7-9-15(10-8-14)21-18(25)17(24)19-11-13-5-3-2-4-6-13/h5,7-10H,2-4,6,11H2,1H3,(H,19,24)(H,21,25)(H,20,22,23). The molecule has 2 aromatic rings. The molecule has 1 aromatic carbocycles. The van der Waals surface area contributed by atoms with E-state index in [1.54, 1.807) is 24.3 Å². The molecule has 0 atom stereocenters. The van der Waals surface area contributed by atoms with Gasteiger partial charge in [-0.3, -0.25) is 14.7 Å². The molecule has 3 N–H and O–H groups in total. The Balaban J connectivity index is 1.53. The molecular weight excluding hydrogens is 318 g/mol. The van der Waals surface area contributed by atoms with Crippen LogP contribution in [-0.2, 0) is 9.59 Å². The molecule has 1 aliphatic rings. The van der Waals surface area contributed by atoms with Crippen molar-refractivity contribution >= 4 is 17.5 Å². The van der Waals surface area contributed by atoms with E-state index in [9.17, 15) is 9.59 Å². The quantitative estimate of drug-likeness (QED) is 0.588. The summed E-state index contributed by atoms with van der Waals surface area (Å²) in [5, 5.41) is 12.1. The van der Waals surface area contributed by atoms with Crippen molar-refractivity contribution in [1.29, 1.82) is 0 Å². The smallest absolute Gasteiger partial charge is 0.313 e. The first kappa shape index (κ1) is 16.9. The van der Waals surface area contributed by atoms with Crippen molar-refractivity contribution in [1.82, 2.24) is 20.5 Å². The molecule has 25 heavy (non-hydrogen) atoms. The molecule has 0 spiro atoms. The van der Waals surface area contributed by atoms with Crippen LogP contribution in [0.5, 0.6) is 0 Å². The third-order valence-corrected chi connectivity index (χ3v) is 4.07. The summed E-state index contributed by atoms with van der Waals surface area (Å²) in [5.41, 5.74) is 2.57. The van der Waals surface area contributed by atoms with E-state index in [0.29, 0.717) is 18.1 Å². The highest BCUT2D eigenvalue weighted by molar-refractivity contribution is 6.39. The summed E-state index contributed by atoms with van der Waals surface area (Å²) >= 11 is 0. The number of benzene rings is 1. The number of carbonyl (C=O) groups is 2. The van der Waals surface area contributed by atoms with Crippen molar-refractivity contribution in [3.05, 3.63) is 41.7 Å². The maximum absolute atomic E-state index is 12.0. The van der Waals surface area contributed by atoms with Crippen LogP contribution in [0.4, 0.5) is 5.69 Å². The molecule has 3 rings (SSSR count). The lowest BCUT2D eigenvalue weighted by Crippen LogP contribution is -2.36. The number of nitrogens with one attached hydrogen (secondary N) is 3. The Kier molecular flexibility index (Phi) is 5.23. The van der Waals surface area contributed by atoms with E-state index in [0.717, 1.165) is 30.7 Å². The highest BCUT2D eigenvalue weighted by Crippen LogP contribution is 2.18. The van der Waals surface area contributed by atoms with Gasteiger partial charge in [0.25, 0.3) is 0 Å². The number of aromatic amines is 1. The van der Waals surface area contributed by atoms with E-state index in [1.807, 2.05) is 6.92 Å². The number of hydrogen-bond donors (Lipinski definition) is 3. The first-order chi connectivity index (χ1) is 12.1. The van der Waals surface area contributed by atoms with Crippen LogP contribution in [-0.4, -0.2) is 33.5 Å². The molecule has 0 fully saturated rings. The van der Waals surface area contributed by atoms with Gasteiger partial charge in [-0.05, 0) is 56.9 Å². The predicted molar refractivity (Wildman–Crippen MR) is 94.7 cm³/mol. The van der Waals surface area contributed by atoms with Gasteiger partial charge in [-0.25, -0.2) is 4.98 Å². The molecular formula is C18H21N5O2. The minimum atomic E-state index is -0.669. The summed E-state index contributed by atoms with van der Waals surface area (Å²) < 4.78 is 0. The molecule has 130 valence electrons. The molecule has 0 radical (unpaired) electrons. The molecule has 0 unspecified atom stereocenters. The Hall–Kier alpha value is -2.96. The average molecular weight is 339 g/mol. The van der Waals surface area contributed by atoms with Crippen molar-refractivity contribution in [3.8, 4) is 11.4 Å². The second kappa shape index (κ2) is 7.74. The first-order valence-corrected chi connectivity index (χ1v) is 8.38. The van der Waals surface area contributed by atoms with Crippen LogP contribution >= 0.6 is 0 Å². The molecule has 0 aliphatic heterocycles. The Morgan fingerprint density at radius 3 is 2.60 bits per heavy atom. The van der Waals surface area contributed by atoms with Crippen LogP contribution in [0.2, 0.25) is 0 Å². The average Bonchev–Trinajstić information content (AvgIpc) is 3.07. The van der Waals surface area contributed by atoms with Crippen molar-refractivity contribution < 1.29 is 9.59 Å². The summed E-state index contributed by atoms with van der Waals surface area (Å²) in [6.45, 7) is 2.27. The number of carbonyl (C=O) groups excluding carboxylic acids is 2. The summed E-state index contributed by atoms with van der Waals surface area (Å²) in [6.07, 6.45) is 6.52. The Morgan fingerprint density at radius 2 is 1.96 bits per heavy atom. The zero-order chi connectivity index (χ0) is 17.6. The van der Waals surface area contributed by atoms with Crippen LogP contribution in [0.25, 0.3) is 11.4 Å². The minimum absolute atomic E-state index is 0.440. The molecule has 7 heteroatoms. The number of hydrogen-bond acceptors (Lipinski definition) is 4. The fraction of sp³-hybridized carbons (Fsp3) is 0.333. The maximum atomic E-state index is 12.0. The number of aryl methyl sites for hydroxylation is 1. The van der Waals surface area contributed by atoms with Crippen molar-refractivity contribution in [2.45, 2.75) is 32.6 Å². The second-order valence-electron chi connectivity index (χ2n) is 6.07. The number of allylic oxidation sites excluding steroid dienone is 1. The third kappa shape index (κ3) is 4.53. The van der Waals surface area contributed by atoms with E-state index in [4.69, 9.17) is 0 Å². The Labute approximate surface area is 145 Å². The topological polar surface area (TPSA) is 99.8 Å². The Bertz CT molecular complexity index is 792. The van der Waals surface area contributed by atoms with Crippen LogP contribution in [0.1, 0.15) is 31.5 Å². The summed E-state index contributed by atoms with van der Waals surface area (Å²) in [4.78, 5) is 28.1. The summed E-state index contributed by atoms with van der Waals surface area (Å²) in [7, 11) is 0. The predicted octanol–water partition coefficient (Wildman–Crippen LogP) is 2.34. The zero-order valence-corrected chi connectivity index (χ0v) is 14.1. The van der Waals surface area contributed by atoms with Gasteiger partial charge in [0.15, 0.2) is 5.82 Å². The molecule has 0 saturated heterocycles. The van der Waals surface area contributed by atoms with Gasteiger partial charge >= 0.3 is 11.8 Å². The SMILES string of the molecule is Cc1nc(-c2ccc(NC(=O)C(=O)NCC3=CCCCC3)cc2)n[nH]1. The number of rotatable bonds is 4. The number of amides is 2. The van der Waals surface area contributed by atoms with Gasteiger partial charge in [0.2, 0.25) is 0 Å². The second-order valence-corrected chi connectivity index (χ2v) is 6.07. The molecule has 1 aliphatic carbocycles. The zero-order valence-electron chi connectivity index (χ0n) is 14.1. The van der Waals surface area contributed by atoms with Gasteiger partial charge < -0.3 is 10.6 Å². The van der Waals surface area contributed by atoms with Crippen molar-refractivity contribution in [2.75, 3.05) is 11.9 Å². The minimum Gasteiger partial charge on any atom is -0.344 e. The largest absolute Gasteiger partial charge is 0.344 e. The molecule has 0 bridgehead atoms. The molecule has 2 amide bonds. The third-order valence-electron chi connectivity index (χ3n) is 4.07. The van der Waals surface area contributed by atoms with Crippen LogP contribution in [0, 0.1) is 6.92 Å². The van der Waals surface area contributed by atoms with E-state index < -0.39 is 11.8 Å². The number of aromatic nitrogens is 3. The van der Waals surface area contributed by atoms with E-state index in [1.165, 1.54) is 12.0 Å². The maximum Gasteiger partial charge on any atom is 0.313 e. The van der Waals surface area contributed by atoms with Gasteiger partial charge in [-0.15, -0.1) is 0 Å². The number of nitrogens with zero attached hydrogens (tertiary/aromatic N) is 2. The fourth-order valence-electron chi connectivity index (χ4n) is 2.70. The molecule has 1 heterocycles. The van der Waals surface area contributed by atoms with Crippen molar-refractivity contribution in [3.63, 3.8) is 0 Å². The lowest BCUT2D eigenvalue weighted by molar-refractivity contribution is -0.136. The van der Waals surface area contributed by atoms with Gasteiger partial charge in [-0.1, -0.05) is 11.6 Å². The van der Waals surface area contributed by atoms with E-state index in [-0.39, 0.29) is 0 Å². The fourth-order valence-corrected chi connectivity index (χ4v) is 2.70. The molecule has 1 aromatic heterocycles. The molecule has 7 nitrogen and oxygen atoms in total. The highest BCUT2D eigenvalue weighted by Gasteiger charge is 2.14. The Morgan fingerprint density at radius 1 is 1.16 bits per heavy atom. The van der Waals surface area contributed by atoms with Crippen LogP contribution < -0.4 is 10.6 Å². The van der Waals surface area contributed by atoms with Crippen molar-refractivity contribution in [2.24, 2.45) is 0 Å². The van der Waals surface area contributed by atoms with Gasteiger partial charge in [0.1, 0.15) is 5.82 Å². The monoisotopic (exact) mass is 339 g/mol. The molecule has 0 saturated carbocycles. The first-order valence-electron chi connectivity index (χ1n) is 8.38. The number of anilines is 1.